The van der Waals surface area contributed by atoms with Crippen LogP contribution in [0.25, 0.3) is 0 Å². The summed E-state index contributed by atoms with van der Waals surface area (Å²) < 4.78 is 26.6. The van der Waals surface area contributed by atoms with Crippen molar-refractivity contribution in [2.45, 2.75) is 24.8 Å². The van der Waals surface area contributed by atoms with Gasteiger partial charge in [0.1, 0.15) is 6.04 Å². The van der Waals surface area contributed by atoms with E-state index in [0.29, 0.717) is 5.69 Å². The molecule has 0 fully saturated rings. The molecule has 22 heavy (non-hydrogen) atoms. The zero-order valence-electron chi connectivity index (χ0n) is 12.3. The number of aliphatic carboxylic acids is 1. The molecule has 6 heteroatoms. The highest BCUT2D eigenvalue weighted by atomic mass is 32.2. The lowest BCUT2D eigenvalue weighted by Crippen LogP contribution is -2.43. The number of para-hydroxylation sites is 1. The van der Waals surface area contributed by atoms with Crippen molar-refractivity contribution in [2.75, 3.05) is 4.31 Å². The Hall–Kier alpha value is -2.34. The number of sulfonamides is 1. The van der Waals surface area contributed by atoms with Gasteiger partial charge in [0.2, 0.25) is 0 Å². The molecule has 5 nitrogen and oxygen atoms in total. The summed E-state index contributed by atoms with van der Waals surface area (Å²) in [5.41, 5.74) is 1.24. The van der Waals surface area contributed by atoms with E-state index in [1.807, 2.05) is 6.92 Å². The lowest BCUT2D eigenvalue weighted by atomic mass is 10.2. The van der Waals surface area contributed by atoms with Gasteiger partial charge >= 0.3 is 5.97 Å². The molecule has 0 saturated carbocycles. The summed E-state index contributed by atoms with van der Waals surface area (Å²) in [4.78, 5) is 11.4. The maximum Gasteiger partial charge on any atom is 0.327 e. The Balaban J connectivity index is 2.58. The van der Waals surface area contributed by atoms with E-state index in [1.165, 1.54) is 19.1 Å². The van der Waals surface area contributed by atoms with Crippen LogP contribution in [0.2, 0.25) is 0 Å². The summed E-state index contributed by atoms with van der Waals surface area (Å²) in [6.45, 7) is 3.20. The van der Waals surface area contributed by atoms with E-state index in [-0.39, 0.29) is 4.90 Å². The number of benzene rings is 2. The van der Waals surface area contributed by atoms with Crippen molar-refractivity contribution < 1.29 is 18.3 Å². The van der Waals surface area contributed by atoms with Crippen LogP contribution in [0.4, 0.5) is 5.69 Å². The average molecular weight is 319 g/mol. The maximum atomic E-state index is 12.9. The fourth-order valence-electron chi connectivity index (χ4n) is 2.07. The summed E-state index contributed by atoms with van der Waals surface area (Å²) in [5, 5.41) is 9.26. The summed E-state index contributed by atoms with van der Waals surface area (Å²) >= 11 is 0. The van der Waals surface area contributed by atoms with Crippen LogP contribution in [-0.4, -0.2) is 25.5 Å². The summed E-state index contributed by atoms with van der Waals surface area (Å²) in [7, 11) is -3.96. The van der Waals surface area contributed by atoms with Crippen molar-refractivity contribution >= 4 is 21.7 Å². The van der Waals surface area contributed by atoms with E-state index in [1.54, 1.807) is 42.5 Å². The van der Waals surface area contributed by atoms with Gasteiger partial charge < -0.3 is 5.11 Å². The smallest absolute Gasteiger partial charge is 0.327 e. The number of rotatable bonds is 5. The quantitative estimate of drug-likeness (QED) is 0.919. The number of carboxylic acids is 1. The van der Waals surface area contributed by atoms with E-state index in [0.717, 1.165) is 9.87 Å². The lowest BCUT2D eigenvalue weighted by molar-refractivity contribution is -0.137. The first kappa shape index (κ1) is 16.0. The Bertz CT molecular complexity index is 754. The second kappa shape index (κ2) is 6.19. The molecule has 2 aromatic rings. The molecule has 0 spiro atoms. The molecule has 0 heterocycles. The van der Waals surface area contributed by atoms with Crippen LogP contribution in [0.3, 0.4) is 0 Å². The molecule has 1 atom stereocenters. The van der Waals surface area contributed by atoms with Crippen LogP contribution in [0.15, 0.2) is 59.5 Å². The van der Waals surface area contributed by atoms with Gasteiger partial charge in [-0.2, -0.15) is 0 Å². The highest BCUT2D eigenvalue weighted by Gasteiger charge is 2.33. The van der Waals surface area contributed by atoms with Gasteiger partial charge in [-0.05, 0) is 38.1 Å². The number of aryl methyl sites for hydroxylation is 1. The highest BCUT2D eigenvalue weighted by Crippen LogP contribution is 2.26. The van der Waals surface area contributed by atoms with Gasteiger partial charge in [0, 0.05) is 0 Å². The van der Waals surface area contributed by atoms with Gasteiger partial charge in [0.25, 0.3) is 10.0 Å². The molecule has 0 aliphatic carbocycles. The predicted octanol–water partition coefficient (Wildman–Crippen LogP) is 2.66. The van der Waals surface area contributed by atoms with Crippen LogP contribution < -0.4 is 4.31 Å². The Kier molecular flexibility index (Phi) is 4.51. The Morgan fingerprint density at radius 2 is 1.59 bits per heavy atom. The third-order valence-electron chi connectivity index (χ3n) is 3.30. The first-order valence-electron chi connectivity index (χ1n) is 6.73. The van der Waals surface area contributed by atoms with Crippen LogP contribution >= 0.6 is 0 Å². The van der Waals surface area contributed by atoms with E-state index in [2.05, 4.69) is 0 Å². The third kappa shape index (κ3) is 3.12. The van der Waals surface area contributed by atoms with Crippen molar-refractivity contribution in [2.24, 2.45) is 0 Å². The van der Waals surface area contributed by atoms with E-state index >= 15 is 0 Å². The molecule has 0 saturated heterocycles. The predicted molar refractivity (Wildman–Crippen MR) is 84.4 cm³/mol. The number of hydrogen-bond donors (Lipinski definition) is 1. The first-order chi connectivity index (χ1) is 10.3. The largest absolute Gasteiger partial charge is 0.480 e. The Labute approximate surface area is 129 Å². The molecule has 0 unspecified atom stereocenters. The molecule has 0 bridgehead atoms. The molecule has 2 rings (SSSR count). The molecule has 116 valence electrons. The number of hydrogen-bond acceptors (Lipinski definition) is 3. The minimum absolute atomic E-state index is 0.0649. The molecule has 0 aliphatic rings. The maximum absolute atomic E-state index is 12.9. The van der Waals surface area contributed by atoms with Crippen LogP contribution in [0, 0.1) is 6.92 Å². The molecule has 0 aliphatic heterocycles. The Morgan fingerprint density at radius 1 is 1.05 bits per heavy atom. The SMILES string of the molecule is Cc1ccc(S(=O)(=O)N(c2ccccc2)[C@H](C)C(=O)O)cc1. The average Bonchev–Trinajstić information content (AvgIpc) is 2.48. The second-order valence-electron chi connectivity index (χ2n) is 4.96. The topological polar surface area (TPSA) is 74.7 Å². The third-order valence-corrected chi connectivity index (χ3v) is 5.21. The van der Waals surface area contributed by atoms with E-state index in [9.17, 15) is 18.3 Å². The summed E-state index contributed by atoms with van der Waals surface area (Å²) in [5.74, 6) is -1.21. The van der Waals surface area contributed by atoms with Crippen molar-refractivity contribution in [3.63, 3.8) is 0 Å². The van der Waals surface area contributed by atoms with Gasteiger partial charge in [0.05, 0.1) is 10.6 Å². The zero-order chi connectivity index (χ0) is 16.3. The van der Waals surface area contributed by atoms with Crippen LogP contribution in [-0.2, 0) is 14.8 Å². The van der Waals surface area contributed by atoms with E-state index in [4.69, 9.17) is 0 Å². The number of nitrogens with zero attached hydrogens (tertiary/aromatic N) is 1. The fourth-order valence-corrected chi connectivity index (χ4v) is 3.68. The van der Waals surface area contributed by atoms with Gasteiger partial charge in [-0.1, -0.05) is 35.9 Å². The number of carboxylic acid groups (broad SMARTS) is 1. The minimum atomic E-state index is -3.96. The normalized spacial score (nSPS) is 12.6. The molecule has 1 N–H and O–H groups in total. The molecule has 0 amide bonds. The fraction of sp³-hybridized carbons (Fsp3) is 0.188. The summed E-state index contributed by atoms with van der Waals surface area (Å²) in [6, 6.07) is 13.3. The first-order valence-corrected chi connectivity index (χ1v) is 8.17. The minimum Gasteiger partial charge on any atom is -0.480 e. The monoisotopic (exact) mass is 319 g/mol. The molecule has 2 aromatic carbocycles. The summed E-state index contributed by atoms with van der Waals surface area (Å²) in [6.07, 6.45) is 0. The Morgan fingerprint density at radius 3 is 2.09 bits per heavy atom. The van der Waals surface area contributed by atoms with Gasteiger partial charge in [-0.15, -0.1) is 0 Å². The van der Waals surface area contributed by atoms with Crippen molar-refractivity contribution in [3.05, 3.63) is 60.2 Å². The standard InChI is InChI=1S/C16H17NO4S/c1-12-8-10-15(11-9-12)22(20,21)17(13(2)16(18)19)14-6-4-3-5-7-14/h3-11,13H,1-2H3,(H,18,19)/t13-/m1/s1. The highest BCUT2D eigenvalue weighted by molar-refractivity contribution is 7.92. The second-order valence-corrected chi connectivity index (χ2v) is 6.78. The zero-order valence-corrected chi connectivity index (χ0v) is 13.1. The molecule has 0 aromatic heterocycles. The van der Waals surface area contributed by atoms with Crippen LogP contribution in [0.1, 0.15) is 12.5 Å². The van der Waals surface area contributed by atoms with Crippen molar-refractivity contribution in [1.29, 1.82) is 0 Å². The van der Waals surface area contributed by atoms with E-state index < -0.39 is 22.0 Å². The van der Waals surface area contributed by atoms with Gasteiger partial charge in [-0.3, -0.25) is 4.31 Å². The van der Waals surface area contributed by atoms with Crippen molar-refractivity contribution in [1.82, 2.24) is 0 Å². The van der Waals surface area contributed by atoms with Gasteiger partial charge in [0.15, 0.2) is 0 Å². The molecular formula is C16H17NO4S. The van der Waals surface area contributed by atoms with Crippen LogP contribution in [0.5, 0.6) is 0 Å². The lowest BCUT2D eigenvalue weighted by Gasteiger charge is -2.28. The number of anilines is 1. The molecular weight excluding hydrogens is 302 g/mol. The number of carbonyl (C=O) groups is 1. The molecule has 0 radical (unpaired) electrons. The van der Waals surface area contributed by atoms with Gasteiger partial charge in [-0.25, -0.2) is 13.2 Å². The van der Waals surface area contributed by atoms with Crippen molar-refractivity contribution in [3.8, 4) is 0 Å².